The van der Waals surface area contributed by atoms with Gasteiger partial charge in [0.05, 0.1) is 33.5 Å². The van der Waals surface area contributed by atoms with Crippen molar-refractivity contribution in [1.82, 2.24) is 0 Å². The lowest BCUT2D eigenvalue weighted by Gasteiger charge is -2.14. The molecule has 5 heteroatoms. The van der Waals surface area contributed by atoms with Gasteiger partial charge in [0.25, 0.3) is 0 Å². The van der Waals surface area contributed by atoms with Crippen LogP contribution in [0.3, 0.4) is 0 Å². The van der Waals surface area contributed by atoms with Crippen LogP contribution in [0.5, 0.6) is 17.2 Å². The van der Waals surface area contributed by atoms with Crippen LogP contribution in [0.15, 0.2) is 36.4 Å². The van der Waals surface area contributed by atoms with E-state index in [1.165, 1.54) is 0 Å². The van der Waals surface area contributed by atoms with Crippen molar-refractivity contribution in [2.24, 2.45) is 0 Å². The molecule has 0 saturated heterocycles. The van der Waals surface area contributed by atoms with Crippen molar-refractivity contribution in [3.63, 3.8) is 0 Å². The summed E-state index contributed by atoms with van der Waals surface area (Å²) in [5.41, 5.74) is 2.08. The predicted octanol–water partition coefficient (Wildman–Crippen LogP) is 4.06. The number of hydrogen-bond acceptors (Lipinski definition) is 5. The first kappa shape index (κ1) is 18.4. The third-order valence-corrected chi connectivity index (χ3v) is 3.63. The van der Waals surface area contributed by atoms with Crippen molar-refractivity contribution >= 4 is 18.1 Å². The maximum atomic E-state index is 12.1. The normalized spacial score (nSPS) is 10.6. The van der Waals surface area contributed by atoms with Gasteiger partial charge in [-0.3, -0.25) is 0 Å². The van der Waals surface area contributed by atoms with E-state index in [2.05, 4.69) is 0 Å². The van der Waals surface area contributed by atoms with E-state index in [-0.39, 0.29) is 5.97 Å². The molecule has 132 valence electrons. The Kier molecular flexibility index (Phi) is 6.46. The number of rotatable bonds is 7. The lowest BCUT2D eigenvalue weighted by atomic mass is 10.1. The Morgan fingerprint density at radius 3 is 2.20 bits per heavy atom. The van der Waals surface area contributed by atoms with Crippen molar-refractivity contribution in [1.29, 1.82) is 0 Å². The maximum Gasteiger partial charge on any atom is 0.338 e. The number of carbonyl (C=O) groups excluding carboxylic acids is 1. The Morgan fingerprint density at radius 1 is 0.880 bits per heavy atom. The summed E-state index contributed by atoms with van der Waals surface area (Å²) >= 11 is 0. The predicted molar refractivity (Wildman–Crippen MR) is 97.4 cm³/mol. The van der Waals surface area contributed by atoms with Gasteiger partial charge < -0.3 is 18.9 Å². The number of esters is 1. The molecule has 0 aliphatic rings. The highest BCUT2D eigenvalue weighted by atomic mass is 16.5. The molecule has 0 N–H and O–H groups in total. The van der Waals surface area contributed by atoms with Gasteiger partial charge in [-0.05, 0) is 30.7 Å². The van der Waals surface area contributed by atoms with E-state index in [1.807, 2.05) is 30.4 Å². The minimum Gasteiger partial charge on any atom is -0.493 e. The Bertz CT molecular complexity index is 765. The summed E-state index contributed by atoms with van der Waals surface area (Å²) < 4.78 is 21.2. The molecule has 0 amide bonds. The molecule has 25 heavy (non-hydrogen) atoms. The van der Waals surface area contributed by atoms with Gasteiger partial charge in [-0.25, -0.2) is 4.79 Å². The fraction of sp³-hybridized carbons (Fsp3) is 0.250. The van der Waals surface area contributed by atoms with E-state index in [1.54, 1.807) is 46.5 Å². The van der Waals surface area contributed by atoms with Crippen LogP contribution in [0.4, 0.5) is 0 Å². The van der Waals surface area contributed by atoms with Gasteiger partial charge in [0.2, 0.25) is 5.75 Å². The summed E-state index contributed by atoms with van der Waals surface area (Å²) in [6.45, 7) is 2.12. The summed E-state index contributed by atoms with van der Waals surface area (Å²) in [5, 5.41) is 0. The molecule has 0 aliphatic heterocycles. The van der Waals surface area contributed by atoms with Gasteiger partial charge in [0, 0.05) is 5.56 Å². The number of benzene rings is 2. The van der Waals surface area contributed by atoms with Gasteiger partial charge in [-0.1, -0.05) is 30.4 Å². The second-order valence-electron chi connectivity index (χ2n) is 5.06. The summed E-state index contributed by atoms with van der Waals surface area (Å²) in [6, 6.07) is 10.9. The highest BCUT2D eigenvalue weighted by Crippen LogP contribution is 2.40. The summed E-state index contributed by atoms with van der Waals surface area (Å²) in [6.07, 6.45) is 3.70. The molecule has 0 fully saturated rings. The zero-order valence-electron chi connectivity index (χ0n) is 14.9. The highest BCUT2D eigenvalue weighted by molar-refractivity contribution is 5.95. The molecule has 0 radical (unpaired) electrons. The van der Waals surface area contributed by atoms with Crippen LogP contribution < -0.4 is 14.2 Å². The van der Waals surface area contributed by atoms with Crippen LogP contribution in [0.25, 0.3) is 12.2 Å². The van der Waals surface area contributed by atoms with Crippen LogP contribution in [0.2, 0.25) is 0 Å². The first-order chi connectivity index (χ1) is 12.2. The largest absolute Gasteiger partial charge is 0.493 e. The number of carbonyl (C=O) groups is 1. The number of ether oxygens (including phenoxy) is 4. The highest BCUT2D eigenvalue weighted by Gasteiger charge is 2.15. The van der Waals surface area contributed by atoms with Crippen molar-refractivity contribution < 1.29 is 23.7 Å². The zero-order chi connectivity index (χ0) is 18.2. The van der Waals surface area contributed by atoms with Crippen LogP contribution in [0, 0.1) is 0 Å². The first-order valence-electron chi connectivity index (χ1n) is 7.89. The quantitative estimate of drug-likeness (QED) is 0.561. The average Bonchev–Trinajstić information content (AvgIpc) is 2.65. The Balaban J connectivity index is 2.42. The minimum atomic E-state index is -0.345. The molecule has 2 aromatic rings. The SMILES string of the molecule is CCOC(=O)c1ccccc1C=Cc1ccc(OC)c(OC)c1OC. The fourth-order valence-electron chi connectivity index (χ4n) is 2.47. The Morgan fingerprint density at radius 2 is 1.56 bits per heavy atom. The molecular formula is C20H22O5. The van der Waals surface area contributed by atoms with Gasteiger partial charge in [0.1, 0.15) is 0 Å². The molecule has 0 bridgehead atoms. The number of hydrogen-bond donors (Lipinski definition) is 0. The van der Waals surface area contributed by atoms with Crippen molar-refractivity contribution in [3.05, 3.63) is 53.1 Å². The van der Waals surface area contributed by atoms with Gasteiger partial charge in [0.15, 0.2) is 11.5 Å². The topological polar surface area (TPSA) is 54.0 Å². The summed E-state index contributed by atoms with van der Waals surface area (Å²) in [7, 11) is 4.70. The lowest BCUT2D eigenvalue weighted by molar-refractivity contribution is 0.0526. The van der Waals surface area contributed by atoms with Crippen molar-refractivity contribution in [2.75, 3.05) is 27.9 Å². The molecule has 0 saturated carbocycles. The smallest absolute Gasteiger partial charge is 0.338 e. The van der Waals surface area contributed by atoms with E-state index in [0.717, 1.165) is 11.1 Å². The van der Waals surface area contributed by atoms with E-state index < -0.39 is 0 Å². The monoisotopic (exact) mass is 342 g/mol. The Labute approximate surface area is 147 Å². The molecule has 0 aromatic heterocycles. The molecule has 0 spiro atoms. The second kappa shape index (κ2) is 8.78. The van der Waals surface area contributed by atoms with E-state index in [4.69, 9.17) is 18.9 Å². The lowest BCUT2D eigenvalue weighted by Crippen LogP contribution is -2.06. The Hall–Kier alpha value is -2.95. The van der Waals surface area contributed by atoms with Crippen molar-refractivity contribution in [3.8, 4) is 17.2 Å². The fourth-order valence-corrected chi connectivity index (χ4v) is 2.47. The molecule has 0 heterocycles. The standard InChI is InChI=1S/C20H22O5/c1-5-25-20(21)16-9-7-6-8-14(16)10-11-15-12-13-17(22-2)19(24-4)18(15)23-3/h6-13H,5H2,1-4H3. The van der Waals surface area contributed by atoms with Crippen LogP contribution >= 0.6 is 0 Å². The minimum absolute atomic E-state index is 0.334. The molecule has 5 nitrogen and oxygen atoms in total. The van der Waals surface area contributed by atoms with E-state index >= 15 is 0 Å². The van der Waals surface area contributed by atoms with Gasteiger partial charge in [-0.15, -0.1) is 0 Å². The van der Waals surface area contributed by atoms with Crippen LogP contribution in [0.1, 0.15) is 28.4 Å². The van der Waals surface area contributed by atoms with Crippen LogP contribution in [-0.2, 0) is 4.74 Å². The number of methoxy groups -OCH3 is 3. The third kappa shape index (κ3) is 4.12. The van der Waals surface area contributed by atoms with E-state index in [9.17, 15) is 4.79 Å². The average molecular weight is 342 g/mol. The maximum absolute atomic E-state index is 12.1. The summed E-state index contributed by atoms with van der Waals surface area (Å²) in [5.74, 6) is 1.32. The first-order valence-corrected chi connectivity index (χ1v) is 7.89. The molecular weight excluding hydrogens is 320 g/mol. The molecule has 2 aromatic carbocycles. The summed E-state index contributed by atoms with van der Waals surface area (Å²) in [4.78, 5) is 12.1. The molecule has 0 aliphatic carbocycles. The van der Waals surface area contributed by atoms with E-state index in [0.29, 0.717) is 29.4 Å². The third-order valence-electron chi connectivity index (χ3n) is 3.63. The second-order valence-corrected chi connectivity index (χ2v) is 5.06. The van der Waals surface area contributed by atoms with Crippen LogP contribution in [-0.4, -0.2) is 33.9 Å². The molecule has 0 unspecified atom stereocenters. The molecule has 0 atom stereocenters. The van der Waals surface area contributed by atoms with Gasteiger partial charge >= 0.3 is 5.97 Å². The molecule has 2 rings (SSSR count). The van der Waals surface area contributed by atoms with Crippen molar-refractivity contribution in [2.45, 2.75) is 6.92 Å². The van der Waals surface area contributed by atoms with Gasteiger partial charge in [-0.2, -0.15) is 0 Å². The zero-order valence-corrected chi connectivity index (χ0v) is 14.9.